The molecule has 2 heterocycles. The first-order valence-electron chi connectivity index (χ1n) is 13.1. The van der Waals surface area contributed by atoms with Crippen molar-refractivity contribution in [1.29, 1.82) is 0 Å². The average molecular weight is 562 g/mol. The number of unbranched alkanes of at least 4 members (excludes halogenated alkanes) is 1. The Hall–Kier alpha value is -3.35. The second-order valence-electron chi connectivity index (χ2n) is 9.65. The second-order valence-corrected chi connectivity index (χ2v) is 13.1. The molecule has 3 aromatic rings. The van der Waals surface area contributed by atoms with Gasteiger partial charge in [0.2, 0.25) is 5.91 Å². The highest BCUT2D eigenvalue weighted by atomic mass is 32.2. The Morgan fingerprint density at radius 3 is 2.33 bits per heavy atom. The first-order chi connectivity index (χ1) is 19.0. The summed E-state index contributed by atoms with van der Waals surface area (Å²) in [5.74, 6) is 0.485. The number of amides is 3. The van der Waals surface area contributed by atoms with E-state index in [2.05, 4.69) is 40.2 Å². The van der Waals surface area contributed by atoms with Gasteiger partial charge in [0.25, 0.3) is 0 Å². The Labute approximate surface area is 234 Å². The normalized spacial score (nSPS) is 19.7. The van der Waals surface area contributed by atoms with E-state index in [1.807, 2.05) is 54.2 Å². The standard InChI is InChI=1S/C30H32N3O4PS/c1-37-29(35)23-17-16-20(18-25(23)38(21-10-4-2-5-11-21)22-12-6-3-7-13-22)31-27(34)15-9-8-14-26-28-24(19-39-26)32-30(36)33-28/h2-7,10-13,16-18,24,26,28H,8-9,14-15,19H2,1H3,(H,31,34)(H2,32,33,36)/t24?,26-,28?/m1/s1. The molecule has 3 amide bonds. The predicted molar refractivity (Wildman–Crippen MR) is 159 cm³/mol. The number of nitrogens with one attached hydrogen (secondary N) is 3. The van der Waals surface area contributed by atoms with Crippen LogP contribution in [0.4, 0.5) is 10.5 Å². The fraction of sp³-hybridized carbons (Fsp3) is 0.300. The summed E-state index contributed by atoms with van der Waals surface area (Å²) < 4.78 is 5.11. The molecule has 3 N–H and O–H groups in total. The van der Waals surface area contributed by atoms with Crippen molar-refractivity contribution in [2.75, 3.05) is 18.2 Å². The van der Waals surface area contributed by atoms with Crippen molar-refractivity contribution in [2.45, 2.75) is 43.0 Å². The highest BCUT2D eigenvalue weighted by Crippen LogP contribution is 2.36. The quantitative estimate of drug-likeness (QED) is 0.151. The minimum atomic E-state index is -1.06. The molecule has 0 aliphatic carbocycles. The van der Waals surface area contributed by atoms with Crippen LogP contribution >= 0.6 is 19.7 Å². The molecule has 3 atom stereocenters. The van der Waals surface area contributed by atoms with E-state index in [1.54, 1.807) is 12.1 Å². The summed E-state index contributed by atoms with van der Waals surface area (Å²) >= 11 is 1.89. The fourth-order valence-electron chi connectivity index (χ4n) is 5.16. The monoisotopic (exact) mass is 561 g/mol. The molecule has 0 bridgehead atoms. The van der Waals surface area contributed by atoms with Crippen LogP contribution in [0.2, 0.25) is 0 Å². The number of carbonyl (C=O) groups excluding carboxylic acids is 3. The van der Waals surface area contributed by atoms with Gasteiger partial charge in [0.15, 0.2) is 0 Å². The van der Waals surface area contributed by atoms with Crippen LogP contribution in [-0.2, 0) is 9.53 Å². The number of carbonyl (C=O) groups is 3. The maximum Gasteiger partial charge on any atom is 0.338 e. The molecular formula is C30H32N3O4PS. The number of methoxy groups -OCH3 is 1. The minimum absolute atomic E-state index is 0.0525. The van der Waals surface area contributed by atoms with Crippen molar-refractivity contribution in [3.8, 4) is 0 Å². The van der Waals surface area contributed by atoms with Crippen molar-refractivity contribution in [3.05, 3.63) is 84.4 Å². The van der Waals surface area contributed by atoms with Crippen LogP contribution in [0.15, 0.2) is 78.9 Å². The maximum absolute atomic E-state index is 12.9. The summed E-state index contributed by atoms with van der Waals surface area (Å²) in [6.45, 7) is 0. The number of anilines is 1. The number of hydrogen-bond donors (Lipinski definition) is 3. The smallest absolute Gasteiger partial charge is 0.338 e. The molecule has 7 nitrogen and oxygen atoms in total. The lowest BCUT2D eigenvalue weighted by Crippen LogP contribution is -2.36. The van der Waals surface area contributed by atoms with Gasteiger partial charge < -0.3 is 20.7 Å². The number of ether oxygens (including phenoxy) is 1. The Morgan fingerprint density at radius 1 is 0.974 bits per heavy atom. The van der Waals surface area contributed by atoms with Gasteiger partial charge in [0, 0.05) is 28.4 Å². The number of hydrogen-bond acceptors (Lipinski definition) is 5. The molecule has 39 heavy (non-hydrogen) atoms. The number of urea groups is 1. The summed E-state index contributed by atoms with van der Waals surface area (Å²) in [6, 6.07) is 26.0. The number of thioether (sulfide) groups is 1. The van der Waals surface area contributed by atoms with Gasteiger partial charge in [-0.15, -0.1) is 0 Å². The van der Waals surface area contributed by atoms with E-state index < -0.39 is 13.9 Å². The number of esters is 1. The third-order valence-corrected chi connectivity index (χ3v) is 11.0. The maximum atomic E-state index is 12.9. The van der Waals surface area contributed by atoms with Crippen molar-refractivity contribution >= 4 is 59.2 Å². The van der Waals surface area contributed by atoms with E-state index in [0.29, 0.717) is 22.9 Å². The summed E-state index contributed by atoms with van der Waals surface area (Å²) in [5, 5.41) is 12.5. The number of rotatable bonds is 10. The molecule has 9 heteroatoms. The van der Waals surface area contributed by atoms with Gasteiger partial charge in [0.05, 0.1) is 24.8 Å². The molecule has 0 spiro atoms. The minimum Gasteiger partial charge on any atom is -0.465 e. The lowest BCUT2D eigenvalue weighted by atomic mass is 10.0. The first kappa shape index (κ1) is 27.2. The van der Waals surface area contributed by atoms with Crippen LogP contribution in [0.25, 0.3) is 0 Å². The molecule has 3 aromatic carbocycles. The van der Waals surface area contributed by atoms with E-state index in [9.17, 15) is 14.4 Å². The van der Waals surface area contributed by atoms with Crippen LogP contribution < -0.4 is 31.9 Å². The summed E-state index contributed by atoms with van der Waals surface area (Å²) in [6.07, 6.45) is 3.08. The Kier molecular flexibility index (Phi) is 8.84. The van der Waals surface area contributed by atoms with Gasteiger partial charge in [-0.2, -0.15) is 11.8 Å². The lowest BCUT2D eigenvalue weighted by molar-refractivity contribution is -0.116. The molecule has 2 unspecified atom stereocenters. The van der Waals surface area contributed by atoms with Crippen LogP contribution in [0.1, 0.15) is 36.0 Å². The Morgan fingerprint density at radius 2 is 1.67 bits per heavy atom. The van der Waals surface area contributed by atoms with Crippen LogP contribution in [0.3, 0.4) is 0 Å². The summed E-state index contributed by atoms with van der Waals surface area (Å²) in [4.78, 5) is 37.2. The molecule has 5 rings (SSSR count). The summed E-state index contributed by atoms with van der Waals surface area (Å²) in [7, 11) is 0.323. The average Bonchev–Trinajstić information content (AvgIpc) is 3.51. The van der Waals surface area contributed by atoms with E-state index in [1.165, 1.54) is 7.11 Å². The van der Waals surface area contributed by atoms with E-state index >= 15 is 0 Å². The van der Waals surface area contributed by atoms with Crippen molar-refractivity contribution < 1.29 is 19.1 Å². The van der Waals surface area contributed by atoms with Crippen molar-refractivity contribution in [3.63, 3.8) is 0 Å². The molecule has 2 saturated heterocycles. The zero-order valence-corrected chi connectivity index (χ0v) is 23.5. The third kappa shape index (κ3) is 6.45. The highest BCUT2D eigenvalue weighted by molar-refractivity contribution is 8.00. The number of benzene rings is 3. The summed E-state index contributed by atoms with van der Waals surface area (Å²) in [5.41, 5.74) is 1.16. The zero-order valence-electron chi connectivity index (χ0n) is 21.8. The van der Waals surface area contributed by atoms with E-state index in [0.717, 1.165) is 40.9 Å². The van der Waals surface area contributed by atoms with Gasteiger partial charge in [-0.3, -0.25) is 4.79 Å². The molecule has 0 saturated carbocycles. The zero-order chi connectivity index (χ0) is 27.2. The van der Waals surface area contributed by atoms with Crippen LogP contribution in [-0.4, -0.2) is 48.1 Å². The molecule has 0 radical (unpaired) electrons. The van der Waals surface area contributed by atoms with Crippen molar-refractivity contribution in [2.24, 2.45) is 0 Å². The molecule has 0 aromatic heterocycles. The van der Waals surface area contributed by atoms with Crippen LogP contribution in [0, 0.1) is 0 Å². The van der Waals surface area contributed by atoms with Crippen molar-refractivity contribution in [1.82, 2.24) is 10.6 Å². The number of fused-ring (bicyclic) bond motifs is 1. The molecular weight excluding hydrogens is 529 g/mol. The third-order valence-electron chi connectivity index (χ3n) is 7.04. The van der Waals surface area contributed by atoms with Gasteiger partial charge in [-0.05, 0) is 49.6 Å². The van der Waals surface area contributed by atoms with Gasteiger partial charge in [-0.25, -0.2) is 9.59 Å². The predicted octanol–water partition coefficient (Wildman–Crippen LogP) is 3.90. The lowest BCUT2D eigenvalue weighted by Gasteiger charge is -2.22. The van der Waals surface area contributed by atoms with E-state index in [4.69, 9.17) is 4.74 Å². The van der Waals surface area contributed by atoms with E-state index in [-0.39, 0.29) is 24.0 Å². The molecule has 2 aliphatic heterocycles. The molecule has 2 aliphatic rings. The Balaban J connectivity index is 1.28. The SMILES string of the molecule is COC(=O)c1ccc(NC(=O)CCCC[C@H]2SCC3NC(=O)NC32)cc1P(c1ccccc1)c1ccccc1. The van der Waals surface area contributed by atoms with Crippen LogP contribution in [0.5, 0.6) is 0 Å². The Bertz CT molecular complexity index is 1280. The topological polar surface area (TPSA) is 96.5 Å². The van der Waals surface area contributed by atoms with Gasteiger partial charge in [-0.1, -0.05) is 67.1 Å². The highest BCUT2D eigenvalue weighted by Gasteiger charge is 2.42. The first-order valence-corrected chi connectivity index (χ1v) is 15.5. The van der Waals surface area contributed by atoms with Gasteiger partial charge in [0.1, 0.15) is 0 Å². The molecule has 2 fully saturated rings. The van der Waals surface area contributed by atoms with Gasteiger partial charge >= 0.3 is 12.0 Å². The largest absolute Gasteiger partial charge is 0.465 e. The fourth-order valence-corrected chi connectivity index (χ4v) is 9.17. The second kappa shape index (κ2) is 12.7. The molecule has 202 valence electrons.